The number of hydrogen-bond acceptors (Lipinski definition) is 3. The molecule has 6 heteroatoms. The van der Waals surface area contributed by atoms with E-state index in [1.165, 1.54) is 12.1 Å². The highest BCUT2D eigenvalue weighted by atomic mass is 19.1. The summed E-state index contributed by atoms with van der Waals surface area (Å²) in [7, 11) is 0. The molecule has 0 amide bonds. The first-order valence-corrected chi connectivity index (χ1v) is 6.27. The molecule has 20 heavy (non-hydrogen) atoms. The minimum atomic E-state index is -1.35. The van der Waals surface area contributed by atoms with Crippen molar-refractivity contribution in [2.24, 2.45) is 0 Å². The van der Waals surface area contributed by atoms with Crippen molar-refractivity contribution in [3.05, 3.63) is 47.8 Å². The summed E-state index contributed by atoms with van der Waals surface area (Å²) in [6, 6.07) is 3.95. The van der Waals surface area contributed by atoms with E-state index in [0.29, 0.717) is 0 Å². The molecule has 0 atom stereocenters. The highest BCUT2D eigenvalue weighted by Crippen LogP contribution is 2.22. The smallest absolute Gasteiger partial charge is 0.342 e. The van der Waals surface area contributed by atoms with Gasteiger partial charge in [0.05, 0.1) is 18.2 Å². The topological polar surface area (TPSA) is 64.4 Å². The number of nitrogens with zero attached hydrogens (tertiary/aromatic N) is 2. The van der Waals surface area contributed by atoms with Crippen molar-refractivity contribution in [2.75, 3.05) is 0 Å². The van der Waals surface area contributed by atoms with E-state index in [1.807, 2.05) is 11.5 Å². The number of rotatable bonds is 6. The Morgan fingerprint density at radius 3 is 3.00 bits per heavy atom. The predicted octanol–water partition coefficient (Wildman–Crippen LogP) is 2.71. The van der Waals surface area contributed by atoms with E-state index in [0.717, 1.165) is 24.7 Å². The molecule has 1 heterocycles. The number of carboxylic acids is 1. The number of benzene rings is 1. The summed E-state index contributed by atoms with van der Waals surface area (Å²) in [4.78, 5) is 15.1. The first kappa shape index (κ1) is 14.0. The molecule has 0 aliphatic carbocycles. The summed E-state index contributed by atoms with van der Waals surface area (Å²) < 4.78 is 20.8. The van der Waals surface area contributed by atoms with Crippen molar-refractivity contribution in [3.8, 4) is 5.75 Å². The molecule has 0 aliphatic heterocycles. The van der Waals surface area contributed by atoms with Crippen molar-refractivity contribution < 1.29 is 19.0 Å². The monoisotopic (exact) mass is 278 g/mol. The minimum absolute atomic E-state index is 0.0155. The third-order valence-corrected chi connectivity index (χ3v) is 2.83. The first-order chi connectivity index (χ1) is 9.63. The molecule has 0 spiro atoms. The Labute approximate surface area is 115 Å². The Hall–Kier alpha value is -2.37. The Balaban J connectivity index is 2.17. The van der Waals surface area contributed by atoms with E-state index in [-0.39, 0.29) is 12.4 Å². The van der Waals surface area contributed by atoms with E-state index >= 15 is 0 Å². The number of halogens is 1. The van der Waals surface area contributed by atoms with E-state index in [2.05, 4.69) is 4.98 Å². The van der Waals surface area contributed by atoms with Gasteiger partial charge in [0.1, 0.15) is 23.7 Å². The summed E-state index contributed by atoms with van der Waals surface area (Å²) in [5, 5.41) is 9.00. The van der Waals surface area contributed by atoms with E-state index in [4.69, 9.17) is 9.84 Å². The average Bonchev–Trinajstić information content (AvgIpc) is 2.84. The summed E-state index contributed by atoms with van der Waals surface area (Å²) in [5.74, 6) is -2.14. The van der Waals surface area contributed by atoms with Crippen LogP contribution in [0, 0.1) is 5.82 Å². The second-order valence-electron chi connectivity index (χ2n) is 4.29. The van der Waals surface area contributed by atoms with Gasteiger partial charge in [0, 0.05) is 6.54 Å². The molecule has 0 saturated carbocycles. The van der Waals surface area contributed by atoms with Crippen LogP contribution in [-0.2, 0) is 13.2 Å². The highest BCUT2D eigenvalue weighted by Gasteiger charge is 2.17. The van der Waals surface area contributed by atoms with Crippen LogP contribution in [0.25, 0.3) is 0 Å². The van der Waals surface area contributed by atoms with Crippen LogP contribution in [-0.4, -0.2) is 20.6 Å². The summed E-state index contributed by atoms with van der Waals surface area (Å²) in [5.41, 5.74) is 0.363. The van der Waals surface area contributed by atoms with E-state index in [9.17, 15) is 9.18 Å². The SMILES string of the molecule is CCCn1cncc1COc1cccc(F)c1C(=O)O. The molecule has 5 nitrogen and oxygen atoms in total. The summed E-state index contributed by atoms with van der Waals surface area (Å²) >= 11 is 0. The van der Waals surface area contributed by atoms with Crippen molar-refractivity contribution in [1.82, 2.24) is 9.55 Å². The Morgan fingerprint density at radius 2 is 2.30 bits per heavy atom. The zero-order valence-corrected chi connectivity index (χ0v) is 11.0. The van der Waals surface area contributed by atoms with Crippen LogP contribution in [0.3, 0.4) is 0 Å². The minimum Gasteiger partial charge on any atom is -0.486 e. The van der Waals surface area contributed by atoms with Gasteiger partial charge in [-0.05, 0) is 18.6 Å². The van der Waals surface area contributed by atoms with Crippen LogP contribution in [0.15, 0.2) is 30.7 Å². The normalized spacial score (nSPS) is 10.5. The van der Waals surface area contributed by atoms with Crippen LogP contribution >= 0.6 is 0 Å². The molecule has 1 aromatic carbocycles. The molecule has 1 aromatic heterocycles. The van der Waals surface area contributed by atoms with Crippen LogP contribution in [0.4, 0.5) is 4.39 Å². The first-order valence-electron chi connectivity index (χ1n) is 6.27. The number of carbonyl (C=O) groups is 1. The molecule has 0 radical (unpaired) electrons. The third-order valence-electron chi connectivity index (χ3n) is 2.83. The fraction of sp³-hybridized carbons (Fsp3) is 0.286. The van der Waals surface area contributed by atoms with Crippen molar-refractivity contribution in [2.45, 2.75) is 26.5 Å². The largest absolute Gasteiger partial charge is 0.486 e. The van der Waals surface area contributed by atoms with Gasteiger partial charge in [0.25, 0.3) is 0 Å². The lowest BCUT2D eigenvalue weighted by molar-refractivity contribution is 0.0686. The zero-order valence-electron chi connectivity index (χ0n) is 11.0. The maximum atomic E-state index is 13.5. The lowest BCUT2D eigenvalue weighted by Crippen LogP contribution is -2.08. The second kappa shape index (κ2) is 6.18. The van der Waals surface area contributed by atoms with Crippen LogP contribution in [0.2, 0.25) is 0 Å². The number of hydrogen-bond donors (Lipinski definition) is 1. The van der Waals surface area contributed by atoms with Crippen LogP contribution < -0.4 is 4.74 Å². The molecular formula is C14H15FN2O3. The van der Waals surface area contributed by atoms with Gasteiger partial charge >= 0.3 is 5.97 Å². The van der Waals surface area contributed by atoms with Crippen molar-refractivity contribution >= 4 is 5.97 Å². The third kappa shape index (κ3) is 2.96. The van der Waals surface area contributed by atoms with Crippen LogP contribution in [0.1, 0.15) is 29.4 Å². The standard InChI is InChI=1S/C14H15FN2O3/c1-2-6-17-9-16-7-10(17)8-20-12-5-3-4-11(15)13(12)14(18)19/h3-5,7,9H,2,6,8H2,1H3,(H,18,19). The van der Waals surface area contributed by atoms with Gasteiger partial charge in [-0.25, -0.2) is 14.2 Å². The average molecular weight is 278 g/mol. The molecule has 0 fully saturated rings. The molecule has 0 bridgehead atoms. The quantitative estimate of drug-likeness (QED) is 0.882. The Morgan fingerprint density at radius 1 is 1.50 bits per heavy atom. The number of aryl methyl sites for hydroxylation is 1. The van der Waals surface area contributed by atoms with Gasteiger partial charge in [-0.3, -0.25) is 0 Å². The summed E-state index contributed by atoms with van der Waals surface area (Å²) in [6.45, 7) is 2.98. The maximum Gasteiger partial charge on any atom is 0.342 e. The van der Waals surface area contributed by atoms with E-state index in [1.54, 1.807) is 12.5 Å². The fourth-order valence-corrected chi connectivity index (χ4v) is 1.89. The van der Waals surface area contributed by atoms with Gasteiger partial charge in [0.15, 0.2) is 0 Å². The summed E-state index contributed by atoms with van der Waals surface area (Å²) in [6.07, 6.45) is 4.28. The Kier molecular flexibility index (Phi) is 4.34. The maximum absolute atomic E-state index is 13.5. The Bertz CT molecular complexity index is 610. The second-order valence-corrected chi connectivity index (χ2v) is 4.29. The van der Waals surface area contributed by atoms with Gasteiger partial charge in [-0.2, -0.15) is 0 Å². The van der Waals surface area contributed by atoms with Gasteiger partial charge < -0.3 is 14.4 Å². The molecule has 0 saturated heterocycles. The molecule has 106 valence electrons. The molecule has 0 unspecified atom stereocenters. The molecular weight excluding hydrogens is 263 g/mol. The number of ether oxygens (including phenoxy) is 1. The van der Waals surface area contributed by atoms with Crippen molar-refractivity contribution in [1.29, 1.82) is 0 Å². The molecule has 2 rings (SSSR count). The fourth-order valence-electron chi connectivity index (χ4n) is 1.89. The number of carboxylic acid groups (broad SMARTS) is 1. The van der Waals surface area contributed by atoms with E-state index < -0.39 is 17.3 Å². The van der Waals surface area contributed by atoms with Crippen LogP contribution in [0.5, 0.6) is 5.75 Å². The highest BCUT2D eigenvalue weighted by molar-refractivity contribution is 5.91. The van der Waals surface area contributed by atoms with Gasteiger partial charge in [-0.15, -0.1) is 0 Å². The van der Waals surface area contributed by atoms with Crippen molar-refractivity contribution in [3.63, 3.8) is 0 Å². The number of aromatic carboxylic acids is 1. The van der Waals surface area contributed by atoms with Gasteiger partial charge in [0.2, 0.25) is 0 Å². The van der Waals surface area contributed by atoms with Gasteiger partial charge in [-0.1, -0.05) is 13.0 Å². The zero-order chi connectivity index (χ0) is 14.5. The molecule has 0 aliphatic rings. The lowest BCUT2D eigenvalue weighted by Gasteiger charge is -2.11. The lowest BCUT2D eigenvalue weighted by atomic mass is 10.2. The number of imidazole rings is 1. The molecule has 1 N–H and O–H groups in total. The predicted molar refractivity (Wildman–Crippen MR) is 70.2 cm³/mol. The molecule has 2 aromatic rings. The number of aromatic nitrogens is 2.